The molecule has 0 saturated carbocycles. The Kier molecular flexibility index (Phi) is 5.54. The molecule has 29 heavy (non-hydrogen) atoms. The first kappa shape index (κ1) is 20.2. The predicted molar refractivity (Wildman–Crippen MR) is 114 cm³/mol. The van der Waals surface area contributed by atoms with Gasteiger partial charge in [0.2, 0.25) is 0 Å². The molecule has 2 heterocycles. The van der Waals surface area contributed by atoms with Gasteiger partial charge in [0, 0.05) is 37.4 Å². The van der Waals surface area contributed by atoms with Gasteiger partial charge in [0.1, 0.15) is 5.60 Å². The van der Waals surface area contributed by atoms with Crippen LogP contribution >= 0.6 is 11.6 Å². The average molecular weight is 414 g/mol. The van der Waals surface area contributed by atoms with Gasteiger partial charge in [0.15, 0.2) is 0 Å². The molecule has 0 radical (unpaired) electrons. The smallest absolute Gasteiger partial charge is 0.410 e. The molecule has 2 aromatic rings. The standard InChI is InChI=1S/C23H28ClN3O2/c1-23(2,3)29-22(28)27-13-11-26(12-14-27)21-19-9-8-18(24)15-17(19)7-6-16-5-4-10-25-20(16)21/h4-5,8-10,15,21H,6-7,11-14H2,1-3H3. The number of benzene rings is 1. The maximum atomic E-state index is 12.4. The summed E-state index contributed by atoms with van der Waals surface area (Å²) in [6, 6.07) is 10.5. The maximum Gasteiger partial charge on any atom is 0.410 e. The van der Waals surface area contributed by atoms with Crippen LogP contribution < -0.4 is 0 Å². The largest absolute Gasteiger partial charge is 0.444 e. The number of rotatable bonds is 1. The molecule has 2 aliphatic rings. The highest BCUT2D eigenvalue weighted by Gasteiger charge is 2.34. The van der Waals surface area contributed by atoms with E-state index in [-0.39, 0.29) is 12.1 Å². The molecule has 1 aromatic carbocycles. The van der Waals surface area contributed by atoms with E-state index < -0.39 is 5.60 Å². The van der Waals surface area contributed by atoms with Gasteiger partial charge < -0.3 is 9.64 Å². The lowest BCUT2D eigenvalue weighted by Gasteiger charge is -2.40. The topological polar surface area (TPSA) is 45.7 Å². The molecule has 1 fully saturated rings. The highest BCUT2D eigenvalue weighted by molar-refractivity contribution is 6.30. The van der Waals surface area contributed by atoms with Crippen LogP contribution in [0, 0.1) is 0 Å². The molecule has 6 heteroatoms. The van der Waals surface area contributed by atoms with E-state index >= 15 is 0 Å². The van der Waals surface area contributed by atoms with Gasteiger partial charge in [-0.1, -0.05) is 23.7 Å². The normalized spacial score (nSPS) is 19.9. The van der Waals surface area contributed by atoms with Crippen molar-refractivity contribution >= 4 is 17.7 Å². The van der Waals surface area contributed by atoms with Crippen LogP contribution in [0.4, 0.5) is 4.79 Å². The molecule has 4 rings (SSSR count). The Hall–Kier alpha value is -2.11. The minimum atomic E-state index is -0.476. The lowest BCUT2D eigenvalue weighted by molar-refractivity contribution is 0.0118. The van der Waals surface area contributed by atoms with Crippen LogP contribution in [-0.4, -0.2) is 52.7 Å². The molecular formula is C23H28ClN3O2. The van der Waals surface area contributed by atoms with Gasteiger partial charge in [-0.05, 0) is 68.5 Å². The first-order valence-electron chi connectivity index (χ1n) is 10.3. The van der Waals surface area contributed by atoms with Crippen LogP contribution in [0.15, 0.2) is 36.5 Å². The number of fused-ring (bicyclic) bond motifs is 2. The molecule has 0 spiro atoms. The molecule has 1 aromatic heterocycles. The number of amides is 1. The third-order valence-electron chi connectivity index (χ3n) is 5.58. The van der Waals surface area contributed by atoms with E-state index in [2.05, 4.69) is 23.1 Å². The van der Waals surface area contributed by atoms with Gasteiger partial charge in [-0.15, -0.1) is 0 Å². The number of aryl methyl sites for hydroxylation is 2. The summed E-state index contributed by atoms with van der Waals surface area (Å²) < 4.78 is 5.55. The highest BCUT2D eigenvalue weighted by atomic mass is 35.5. The molecule has 1 saturated heterocycles. The first-order chi connectivity index (χ1) is 13.8. The van der Waals surface area contributed by atoms with Crippen LogP contribution in [0.5, 0.6) is 0 Å². The van der Waals surface area contributed by atoms with E-state index in [0.717, 1.165) is 36.6 Å². The first-order valence-corrected chi connectivity index (χ1v) is 10.6. The Bertz CT molecular complexity index is 901. The SMILES string of the molecule is CC(C)(C)OC(=O)N1CCN(C2c3ccc(Cl)cc3CCc3cccnc32)CC1. The fourth-order valence-electron chi connectivity index (χ4n) is 4.24. The lowest BCUT2D eigenvalue weighted by atomic mass is 9.96. The van der Waals surface area contributed by atoms with Crippen molar-refractivity contribution in [1.29, 1.82) is 0 Å². The van der Waals surface area contributed by atoms with Crippen molar-refractivity contribution in [3.05, 3.63) is 63.9 Å². The van der Waals surface area contributed by atoms with Crippen molar-refractivity contribution in [2.75, 3.05) is 26.2 Å². The molecule has 0 bridgehead atoms. The van der Waals surface area contributed by atoms with Gasteiger partial charge >= 0.3 is 6.09 Å². The van der Waals surface area contributed by atoms with E-state index in [1.807, 2.05) is 39.1 Å². The monoisotopic (exact) mass is 413 g/mol. The van der Waals surface area contributed by atoms with Crippen molar-refractivity contribution in [2.45, 2.75) is 45.3 Å². The van der Waals surface area contributed by atoms with E-state index in [0.29, 0.717) is 13.1 Å². The fourth-order valence-corrected chi connectivity index (χ4v) is 4.44. The summed E-state index contributed by atoms with van der Waals surface area (Å²) in [5.41, 5.74) is 4.50. The predicted octanol–water partition coefficient (Wildman–Crippen LogP) is 4.48. The van der Waals surface area contributed by atoms with Gasteiger partial charge in [0.05, 0.1) is 11.7 Å². The number of ether oxygens (including phenoxy) is 1. The Morgan fingerprint density at radius 1 is 1.10 bits per heavy atom. The van der Waals surface area contributed by atoms with E-state index in [1.165, 1.54) is 16.7 Å². The number of piperazine rings is 1. The average Bonchev–Trinajstić information content (AvgIpc) is 2.83. The zero-order valence-electron chi connectivity index (χ0n) is 17.3. The molecule has 5 nitrogen and oxygen atoms in total. The number of hydrogen-bond acceptors (Lipinski definition) is 4. The molecule has 1 amide bonds. The van der Waals surface area contributed by atoms with Crippen LogP contribution in [0.25, 0.3) is 0 Å². The molecule has 154 valence electrons. The number of nitrogens with zero attached hydrogens (tertiary/aromatic N) is 3. The van der Waals surface area contributed by atoms with E-state index in [4.69, 9.17) is 21.3 Å². The number of hydrogen-bond donors (Lipinski definition) is 0. The molecular weight excluding hydrogens is 386 g/mol. The highest BCUT2D eigenvalue weighted by Crippen LogP contribution is 2.37. The van der Waals surface area contributed by atoms with Crippen LogP contribution in [-0.2, 0) is 17.6 Å². The van der Waals surface area contributed by atoms with E-state index in [9.17, 15) is 4.79 Å². The van der Waals surface area contributed by atoms with Crippen molar-refractivity contribution in [1.82, 2.24) is 14.8 Å². The lowest BCUT2D eigenvalue weighted by Crippen LogP contribution is -2.51. The Morgan fingerprint density at radius 2 is 1.83 bits per heavy atom. The van der Waals surface area contributed by atoms with Crippen LogP contribution in [0.2, 0.25) is 5.02 Å². The van der Waals surface area contributed by atoms with E-state index in [1.54, 1.807) is 4.90 Å². The molecule has 1 aliphatic heterocycles. The van der Waals surface area contributed by atoms with Crippen molar-refractivity contribution < 1.29 is 9.53 Å². The zero-order chi connectivity index (χ0) is 20.6. The third kappa shape index (κ3) is 4.41. The second kappa shape index (κ2) is 7.96. The summed E-state index contributed by atoms with van der Waals surface area (Å²) in [6.07, 6.45) is 3.57. The molecule has 1 unspecified atom stereocenters. The summed E-state index contributed by atoms with van der Waals surface area (Å²) in [4.78, 5) is 21.5. The van der Waals surface area contributed by atoms with Crippen molar-refractivity contribution in [3.63, 3.8) is 0 Å². The van der Waals surface area contributed by atoms with Gasteiger partial charge in [-0.3, -0.25) is 9.88 Å². The van der Waals surface area contributed by atoms with Crippen molar-refractivity contribution in [3.8, 4) is 0 Å². The third-order valence-corrected chi connectivity index (χ3v) is 5.81. The quantitative estimate of drug-likeness (QED) is 0.691. The summed E-state index contributed by atoms with van der Waals surface area (Å²) >= 11 is 6.29. The summed E-state index contributed by atoms with van der Waals surface area (Å²) in [6.45, 7) is 8.56. The Morgan fingerprint density at radius 3 is 2.55 bits per heavy atom. The Balaban J connectivity index is 1.60. The Labute approximate surface area is 177 Å². The number of carbonyl (C=O) groups excluding carboxylic acids is 1. The zero-order valence-corrected chi connectivity index (χ0v) is 18.1. The number of aromatic nitrogens is 1. The van der Waals surface area contributed by atoms with Gasteiger partial charge in [-0.2, -0.15) is 0 Å². The minimum absolute atomic E-state index is 0.0850. The molecule has 1 atom stereocenters. The van der Waals surface area contributed by atoms with Gasteiger partial charge in [0.25, 0.3) is 0 Å². The van der Waals surface area contributed by atoms with Crippen molar-refractivity contribution in [2.24, 2.45) is 0 Å². The molecule has 1 aliphatic carbocycles. The van der Waals surface area contributed by atoms with Gasteiger partial charge in [-0.25, -0.2) is 4.79 Å². The summed E-state index contributed by atoms with van der Waals surface area (Å²) in [5.74, 6) is 0. The second-order valence-electron chi connectivity index (χ2n) is 8.80. The molecule has 0 N–H and O–H groups in total. The minimum Gasteiger partial charge on any atom is -0.444 e. The number of carbonyl (C=O) groups is 1. The number of pyridine rings is 1. The number of halogens is 1. The summed E-state index contributed by atoms with van der Waals surface area (Å²) in [7, 11) is 0. The maximum absolute atomic E-state index is 12.4. The fraction of sp³-hybridized carbons (Fsp3) is 0.478. The second-order valence-corrected chi connectivity index (χ2v) is 9.23. The van der Waals surface area contributed by atoms with Crippen LogP contribution in [0.3, 0.4) is 0 Å². The van der Waals surface area contributed by atoms with Crippen LogP contribution in [0.1, 0.15) is 49.2 Å². The summed E-state index contributed by atoms with van der Waals surface area (Å²) in [5, 5.41) is 0.774.